The molecule has 0 heterocycles. The second kappa shape index (κ2) is 13.1. The number of primary amides is 1. The number of ether oxygens (including phenoxy) is 1. The van der Waals surface area contributed by atoms with Crippen LogP contribution < -0.4 is 5.73 Å². The molecule has 4 heteroatoms. The molecule has 0 unspecified atom stereocenters. The molecule has 0 radical (unpaired) electrons. The van der Waals surface area contributed by atoms with Gasteiger partial charge in [-0.2, -0.15) is 0 Å². The number of carbonyl (C=O) groups is 2. The van der Waals surface area contributed by atoms with E-state index in [9.17, 15) is 9.59 Å². The number of hydrogen-bond donors (Lipinski definition) is 1. The Morgan fingerprint density at radius 1 is 0.960 bits per heavy atom. The van der Waals surface area contributed by atoms with Gasteiger partial charge in [0.25, 0.3) is 0 Å². The van der Waals surface area contributed by atoms with Gasteiger partial charge >= 0.3 is 11.9 Å². The van der Waals surface area contributed by atoms with Gasteiger partial charge in [-0.25, -0.2) is 4.79 Å². The molecular formula is C21H29NO3. The molecule has 0 atom stereocenters. The van der Waals surface area contributed by atoms with Crippen molar-refractivity contribution >= 4 is 11.9 Å². The summed E-state index contributed by atoms with van der Waals surface area (Å²) in [6.07, 6.45) is 11.4. The maximum Gasteiger partial charge on any atom is 0.396 e. The number of benzene rings is 1. The Bertz CT molecular complexity index is 581. The van der Waals surface area contributed by atoms with Crippen molar-refractivity contribution in [3.63, 3.8) is 0 Å². The van der Waals surface area contributed by atoms with Gasteiger partial charge in [-0.3, -0.25) is 4.79 Å². The molecule has 0 bridgehead atoms. The van der Waals surface area contributed by atoms with Crippen LogP contribution in [-0.4, -0.2) is 11.9 Å². The summed E-state index contributed by atoms with van der Waals surface area (Å²) in [5.74, 6) is 4.24. The van der Waals surface area contributed by atoms with Crippen LogP contribution in [0.1, 0.15) is 75.8 Å². The van der Waals surface area contributed by atoms with Gasteiger partial charge in [-0.05, 0) is 24.1 Å². The van der Waals surface area contributed by atoms with E-state index >= 15 is 0 Å². The molecule has 0 aliphatic rings. The first kappa shape index (κ1) is 20.8. The first-order valence-electron chi connectivity index (χ1n) is 9.18. The van der Waals surface area contributed by atoms with E-state index < -0.39 is 11.9 Å². The summed E-state index contributed by atoms with van der Waals surface area (Å²) in [6, 6.07) is 7.42. The summed E-state index contributed by atoms with van der Waals surface area (Å²) in [5.41, 5.74) is 6.55. The fourth-order valence-corrected chi connectivity index (χ4v) is 2.42. The van der Waals surface area contributed by atoms with Crippen molar-refractivity contribution in [2.45, 2.75) is 71.3 Å². The van der Waals surface area contributed by atoms with E-state index in [0.29, 0.717) is 0 Å². The molecule has 0 saturated carbocycles. The third-order valence-electron chi connectivity index (χ3n) is 3.91. The zero-order valence-corrected chi connectivity index (χ0v) is 15.2. The van der Waals surface area contributed by atoms with Crippen LogP contribution in [0.25, 0.3) is 0 Å². The molecule has 136 valence electrons. The number of esters is 1. The Kier molecular flexibility index (Phi) is 10.8. The highest BCUT2D eigenvalue weighted by molar-refractivity contribution is 6.31. The van der Waals surface area contributed by atoms with Crippen molar-refractivity contribution in [1.82, 2.24) is 0 Å². The van der Waals surface area contributed by atoms with Gasteiger partial charge in [0.05, 0.1) is 0 Å². The quantitative estimate of drug-likeness (QED) is 0.301. The van der Waals surface area contributed by atoms with Crippen LogP contribution in [0.15, 0.2) is 24.3 Å². The first-order chi connectivity index (χ1) is 12.1. The predicted molar refractivity (Wildman–Crippen MR) is 99.5 cm³/mol. The normalized spacial score (nSPS) is 9.96. The highest BCUT2D eigenvalue weighted by Gasteiger charge is 2.09. The molecule has 0 aromatic heterocycles. The summed E-state index contributed by atoms with van der Waals surface area (Å²) < 4.78 is 4.75. The molecule has 0 fully saturated rings. The molecule has 0 aliphatic carbocycles. The molecular weight excluding hydrogens is 314 g/mol. The third kappa shape index (κ3) is 10.2. The first-order valence-corrected chi connectivity index (χ1v) is 9.18. The van der Waals surface area contributed by atoms with E-state index in [1.807, 2.05) is 24.3 Å². The molecule has 1 aromatic rings. The number of rotatable bonds is 10. The summed E-state index contributed by atoms with van der Waals surface area (Å²) in [6.45, 7) is 2.28. The highest BCUT2D eigenvalue weighted by Crippen LogP contribution is 2.09. The van der Waals surface area contributed by atoms with Crippen LogP contribution in [0.5, 0.6) is 0 Å². The number of carbonyl (C=O) groups excluding carboxylic acids is 2. The van der Waals surface area contributed by atoms with Crippen LogP contribution in [0, 0.1) is 11.8 Å². The van der Waals surface area contributed by atoms with Gasteiger partial charge in [0.2, 0.25) is 0 Å². The van der Waals surface area contributed by atoms with Crippen LogP contribution in [-0.2, 0) is 20.9 Å². The lowest BCUT2D eigenvalue weighted by molar-refractivity contribution is -0.154. The lowest BCUT2D eigenvalue weighted by Gasteiger charge is -2.02. The Hall–Kier alpha value is -2.28. The Labute approximate surface area is 151 Å². The molecule has 1 amide bonds. The van der Waals surface area contributed by atoms with Crippen molar-refractivity contribution in [2.75, 3.05) is 0 Å². The highest BCUT2D eigenvalue weighted by atomic mass is 16.5. The van der Waals surface area contributed by atoms with Crippen molar-refractivity contribution < 1.29 is 14.3 Å². The molecule has 4 nitrogen and oxygen atoms in total. The van der Waals surface area contributed by atoms with Crippen LogP contribution in [0.3, 0.4) is 0 Å². The predicted octanol–water partition coefficient (Wildman–Crippen LogP) is 4.10. The van der Waals surface area contributed by atoms with Gasteiger partial charge in [-0.1, -0.05) is 75.8 Å². The molecule has 0 saturated heterocycles. The monoisotopic (exact) mass is 343 g/mol. The molecule has 1 aromatic carbocycles. The lowest BCUT2D eigenvalue weighted by Crippen LogP contribution is -2.25. The second-order valence-electron chi connectivity index (χ2n) is 6.16. The van der Waals surface area contributed by atoms with Crippen LogP contribution in [0.4, 0.5) is 0 Å². The minimum atomic E-state index is -1.08. The molecule has 0 spiro atoms. The van der Waals surface area contributed by atoms with Gasteiger partial charge in [0.1, 0.15) is 6.61 Å². The topological polar surface area (TPSA) is 69.4 Å². The number of amides is 1. The summed E-state index contributed by atoms with van der Waals surface area (Å²) in [5, 5.41) is 0. The maximum atomic E-state index is 11.0. The third-order valence-corrected chi connectivity index (χ3v) is 3.91. The van der Waals surface area contributed by atoms with Crippen molar-refractivity contribution in [1.29, 1.82) is 0 Å². The molecule has 0 aliphatic heterocycles. The van der Waals surface area contributed by atoms with Gasteiger partial charge in [0, 0.05) is 12.0 Å². The average Bonchev–Trinajstić information content (AvgIpc) is 2.62. The minimum absolute atomic E-state index is 0.0355. The second-order valence-corrected chi connectivity index (χ2v) is 6.16. The number of unbranched alkanes of at least 4 members (excludes halogenated alkanes) is 8. The van der Waals surface area contributed by atoms with E-state index in [0.717, 1.165) is 24.0 Å². The van der Waals surface area contributed by atoms with Crippen molar-refractivity contribution in [3.8, 4) is 11.8 Å². The van der Waals surface area contributed by atoms with E-state index in [2.05, 4.69) is 18.8 Å². The molecule has 2 N–H and O–H groups in total. The Morgan fingerprint density at radius 3 is 2.16 bits per heavy atom. The van der Waals surface area contributed by atoms with Crippen molar-refractivity contribution in [3.05, 3.63) is 35.4 Å². The van der Waals surface area contributed by atoms with E-state index in [4.69, 9.17) is 10.5 Å². The lowest BCUT2D eigenvalue weighted by atomic mass is 10.1. The summed E-state index contributed by atoms with van der Waals surface area (Å²) in [4.78, 5) is 21.6. The van der Waals surface area contributed by atoms with Gasteiger partial charge in [-0.15, -0.1) is 0 Å². The van der Waals surface area contributed by atoms with Crippen LogP contribution in [0.2, 0.25) is 0 Å². The summed E-state index contributed by atoms with van der Waals surface area (Å²) >= 11 is 0. The van der Waals surface area contributed by atoms with E-state index in [-0.39, 0.29) is 6.61 Å². The summed E-state index contributed by atoms with van der Waals surface area (Å²) in [7, 11) is 0. The fourth-order valence-electron chi connectivity index (χ4n) is 2.42. The Balaban J connectivity index is 2.18. The zero-order chi connectivity index (χ0) is 18.3. The van der Waals surface area contributed by atoms with Gasteiger partial charge in [0.15, 0.2) is 0 Å². The minimum Gasteiger partial charge on any atom is -0.454 e. The fraction of sp³-hybridized carbons (Fsp3) is 0.524. The van der Waals surface area contributed by atoms with Crippen LogP contribution >= 0.6 is 0 Å². The number of nitrogens with two attached hydrogens (primary N) is 1. The van der Waals surface area contributed by atoms with Gasteiger partial charge < -0.3 is 10.5 Å². The zero-order valence-electron chi connectivity index (χ0n) is 15.2. The van der Waals surface area contributed by atoms with E-state index in [1.54, 1.807) is 0 Å². The van der Waals surface area contributed by atoms with E-state index in [1.165, 1.54) is 44.9 Å². The largest absolute Gasteiger partial charge is 0.454 e. The average molecular weight is 343 g/mol. The smallest absolute Gasteiger partial charge is 0.396 e. The number of hydrogen-bond acceptors (Lipinski definition) is 3. The maximum absolute atomic E-state index is 11.0. The molecule has 1 rings (SSSR count). The standard InChI is InChI=1S/C21H29NO3/c1-2-3-4-5-6-7-8-9-10-11-12-18-13-15-19(16-14-18)17-25-21(24)20(22)23/h13-16H,2-10,17H2,1H3,(H2,22,23). The SMILES string of the molecule is CCCCCCCCCCC#Cc1ccc(COC(=O)C(N)=O)cc1. The van der Waals surface area contributed by atoms with Crippen molar-refractivity contribution in [2.24, 2.45) is 5.73 Å². The molecule has 25 heavy (non-hydrogen) atoms. The Morgan fingerprint density at radius 2 is 1.56 bits per heavy atom.